The second kappa shape index (κ2) is 8.60. The lowest BCUT2D eigenvalue weighted by Crippen LogP contribution is -2.04. The van der Waals surface area contributed by atoms with Crippen LogP contribution in [0.1, 0.15) is 15.9 Å². The van der Waals surface area contributed by atoms with Gasteiger partial charge < -0.3 is 14.8 Å². The van der Waals surface area contributed by atoms with Crippen molar-refractivity contribution in [3.8, 4) is 16.9 Å². The molecule has 0 heterocycles. The van der Waals surface area contributed by atoms with Gasteiger partial charge in [-0.3, -0.25) is 0 Å². The maximum absolute atomic E-state index is 11.6. The Morgan fingerprint density at radius 1 is 0.963 bits per heavy atom. The van der Waals surface area contributed by atoms with Crippen LogP contribution in [-0.2, 0) is 11.3 Å². The van der Waals surface area contributed by atoms with Crippen molar-refractivity contribution >= 4 is 23.3 Å². The van der Waals surface area contributed by atoms with Crippen molar-refractivity contribution in [2.24, 2.45) is 0 Å². The molecule has 0 aliphatic carbocycles. The average molecular weight is 382 g/mol. The second-order valence-electron chi connectivity index (χ2n) is 5.98. The van der Waals surface area contributed by atoms with E-state index in [-0.39, 0.29) is 5.97 Å². The molecule has 27 heavy (non-hydrogen) atoms. The molecule has 4 nitrogen and oxygen atoms in total. The van der Waals surface area contributed by atoms with Crippen LogP contribution in [0.5, 0.6) is 5.75 Å². The minimum atomic E-state index is -0.350. The predicted molar refractivity (Wildman–Crippen MR) is 109 cm³/mol. The van der Waals surface area contributed by atoms with Crippen LogP contribution in [0.2, 0.25) is 5.02 Å². The molecule has 3 aromatic carbocycles. The summed E-state index contributed by atoms with van der Waals surface area (Å²) in [6.07, 6.45) is 0. The van der Waals surface area contributed by atoms with Gasteiger partial charge in [0.1, 0.15) is 5.75 Å². The Morgan fingerprint density at radius 2 is 1.74 bits per heavy atom. The first-order valence-corrected chi connectivity index (χ1v) is 8.83. The summed E-state index contributed by atoms with van der Waals surface area (Å²) in [6, 6.07) is 21.2. The van der Waals surface area contributed by atoms with Gasteiger partial charge in [0.25, 0.3) is 0 Å². The van der Waals surface area contributed by atoms with Crippen LogP contribution >= 0.6 is 11.6 Å². The van der Waals surface area contributed by atoms with E-state index in [4.69, 9.17) is 21.1 Å². The lowest BCUT2D eigenvalue weighted by Gasteiger charge is -2.10. The third-order valence-electron chi connectivity index (χ3n) is 4.19. The van der Waals surface area contributed by atoms with Crippen molar-refractivity contribution in [3.63, 3.8) is 0 Å². The number of rotatable bonds is 6. The molecule has 1 N–H and O–H groups in total. The normalized spacial score (nSPS) is 10.3. The molecule has 138 valence electrons. The van der Waals surface area contributed by atoms with Crippen molar-refractivity contribution in [3.05, 3.63) is 82.9 Å². The van der Waals surface area contributed by atoms with Crippen molar-refractivity contribution in [1.29, 1.82) is 0 Å². The van der Waals surface area contributed by atoms with Gasteiger partial charge in [-0.1, -0.05) is 41.9 Å². The van der Waals surface area contributed by atoms with Gasteiger partial charge in [-0.05, 0) is 53.1 Å². The highest BCUT2D eigenvalue weighted by Gasteiger charge is 2.07. The Balaban J connectivity index is 1.75. The van der Waals surface area contributed by atoms with E-state index in [1.165, 1.54) is 7.11 Å². The van der Waals surface area contributed by atoms with Gasteiger partial charge in [0.2, 0.25) is 0 Å². The van der Waals surface area contributed by atoms with Gasteiger partial charge in [-0.25, -0.2) is 4.79 Å². The molecule has 0 aliphatic rings. The van der Waals surface area contributed by atoms with Gasteiger partial charge in [0, 0.05) is 12.2 Å². The third-order valence-corrected chi connectivity index (χ3v) is 4.49. The fraction of sp³-hybridized carbons (Fsp3) is 0.136. The second-order valence-corrected chi connectivity index (χ2v) is 6.38. The maximum Gasteiger partial charge on any atom is 0.337 e. The molecule has 0 atom stereocenters. The van der Waals surface area contributed by atoms with E-state index in [0.717, 1.165) is 22.4 Å². The van der Waals surface area contributed by atoms with E-state index >= 15 is 0 Å². The van der Waals surface area contributed by atoms with Crippen molar-refractivity contribution in [2.45, 2.75) is 6.54 Å². The van der Waals surface area contributed by atoms with Crippen LogP contribution in [0.15, 0.2) is 66.7 Å². The lowest BCUT2D eigenvalue weighted by atomic mass is 10.0. The predicted octanol–water partition coefficient (Wildman–Crippen LogP) is 5.41. The highest BCUT2D eigenvalue weighted by atomic mass is 35.5. The monoisotopic (exact) mass is 381 g/mol. The van der Waals surface area contributed by atoms with Crippen LogP contribution < -0.4 is 10.1 Å². The number of hydrogen-bond acceptors (Lipinski definition) is 4. The summed E-state index contributed by atoms with van der Waals surface area (Å²) in [7, 11) is 2.97. The van der Waals surface area contributed by atoms with E-state index in [2.05, 4.69) is 11.4 Å². The fourth-order valence-corrected chi connectivity index (χ4v) is 3.04. The first-order chi connectivity index (χ1) is 13.1. The Morgan fingerprint density at radius 3 is 2.48 bits per heavy atom. The highest BCUT2D eigenvalue weighted by molar-refractivity contribution is 6.32. The van der Waals surface area contributed by atoms with Crippen LogP contribution in [0, 0.1) is 0 Å². The minimum Gasteiger partial charge on any atom is -0.495 e. The molecule has 0 spiro atoms. The van der Waals surface area contributed by atoms with E-state index in [0.29, 0.717) is 22.9 Å². The van der Waals surface area contributed by atoms with Crippen LogP contribution in [0.4, 0.5) is 5.69 Å². The first-order valence-electron chi connectivity index (χ1n) is 8.46. The molecule has 0 fully saturated rings. The zero-order chi connectivity index (χ0) is 19.2. The van der Waals surface area contributed by atoms with Gasteiger partial charge in [0.15, 0.2) is 0 Å². The quantitative estimate of drug-likeness (QED) is 0.579. The van der Waals surface area contributed by atoms with Gasteiger partial charge >= 0.3 is 5.97 Å². The van der Waals surface area contributed by atoms with Crippen LogP contribution in [0.3, 0.4) is 0 Å². The third kappa shape index (κ3) is 4.60. The first kappa shape index (κ1) is 18.8. The molecule has 0 bridgehead atoms. The summed E-state index contributed by atoms with van der Waals surface area (Å²) >= 11 is 6.24. The van der Waals surface area contributed by atoms with Crippen molar-refractivity contribution in [1.82, 2.24) is 0 Å². The summed E-state index contributed by atoms with van der Waals surface area (Å²) in [6.45, 7) is 0.627. The Labute approximate surface area is 163 Å². The standard InChI is InChI=1S/C22H20ClNO3/c1-26-21-10-9-17(13-20(21)23)16-6-3-5-15(11-16)14-24-19-8-4-7-18(12-19)22(25)27-2/h3-13,24H,14H2,1-2H3. The maximum atomic E-state index is 11.6. The molecular formula is C22H20ClNO3. The van der Waals surface area contributed by atoms with E-state index in [9.17, 15) is 4.79 Å². The number of hydrogen-bond donors (Lipinski definition) is 1. The molecule has 0 saturated carbocycles. The van der Waals surface area contributed by atoms with Gasteiger partial charge in [0.05, 0.1) is 24.8 Å². The topological polar surface area (TPSA) is 47.6 Å². The minimum absolute atomic E-state index is 0.350. The largest absolute Gasteiger partial charge is 0.495 e. The summed E-state index contributed by atoms with van der Waals surface area (Å²) in [5.74, 6) is 0.306. The average Bonchev–Trinajstić information content (AvgIpc) is 2.72. The summed E-state index contributed by atoms with van der Waals surface area (Å²) in [5.41, 5.74) is 4.58. The summed E-state index contributed by atoms with van der Waals surface area (Å²) < 4.78 is 9.97. The molecule has 0 aromatic heterocycles. The molecule has 0 aliphatic heterocycles. The number of benzene rings is 3. The number of esters is 1. The number of carbonyl (C=O) groups is 1. The molecular weight excluding hydrogens is 362 g/mol. The zero-order valence-electron chi connectivity index (χ0n) is 15.2. The van der Waals surface area contributed by atoms with Gasteiger partial charge in [-0.15, -0.1) is 0 Å². The summed E-state index contributed by atoms with van der Waals surface area (Å²) in [4.78, 5) is 11.6. The summed E-state index contributed by atoms with van der Waals surface area (Å²) in [5, 5.41) is 3.92. The van der Waals surface area contributed by atoms with E-state index in [1.54, 1.807) is 19.2 Å². The fourth-order valence-electron chi connectivity index (χ4n) is 2.78. The number of anilines is 1. The van der Waals surface area contributed by atoms with Crippen LogP contribution in [0.25, 0.3) is 11.1 Å². The molecule has 3 rings (SSSR count). The van der Waals surface area contributed by atoms with E-state index in [1.807, 2.05) is 48.5 Å². The highest BCUT2D eigenvalue weighted by Crippen LogP contribution is 2.30. The van der Waals surface area contributed by atoms with Crippen LogP contribution in [-0.4, -0.2) is 20.2 Å². The number of carbonyl (C=O) groups excluding carboxylic acids is 1. The zero-order valence-corrected chi connectivity index (χ0v) is 15.9. The Kier molecular flexibility index (Phi) is 5.99. The lowest BCUT2D eigenvalue weighted by molar-refractivity contribution is 0.0601. The van der Waals surface area contributed by atoms with Gasteiger partial charge in [-0.2, -0.15) is 0 Å². The molecule has 0 radical (unpaired) electrons. The number of halogens is 1. The van der Waals surface area contributed by atoms with Crippen molar-refractivity contribution in [2.75, 3.05) is 19.5 Å². The molecule has 0 unspecified atom stereocenters. The SMILES string of the molecule is COC(=O)c1cccc(NCc2cccc(-c3ccc(OC)c(Cl)c3)c2)c1. The Bertz CT molecular complexity index is 956. The van der Waals surface area contributed by atoms with Crippen molar-refractivity contribution < 1.29 is 14.3 Å². The van der Waals surface area contributed by atoms with E-state index < -0.39 is 0 Å². The number of methoxy groups -OCH3 is 2. The molecule has 0 amide bonds. The number of nitrogens with one attached hydrogen (secondary N) is 1. The molecule has 3 aromatic rings. The molecule has 5 heteroatoms. The smallest absolute Gasteiger partial charge is 0.337 e. The molecule has 0 saturated heterocycles. The number of ether oxygens (including phenoxy) is 2. The Hall–Kier alpha value is -2.98.